The third-order valence-corrected chi connectivity index (χ3v) is 4.10. The fourth-order valence-corrected chi connectivity index (χ4v) is 2.82. The highest BCUT2D eigenvalue weighted by Crippen LogP contribution is 2.19. The predicted octanol–water partition coefficient (Wildman–Crippen LogP) is 1.98. The summed E-state index contributed by atoms with van der Waals surface area (Å²) in [5.41, 5.74) is 1.19. The van der Waals surface area contributed by atoms with Crippen molar-refractivity contribution >= 4 is 28.8 Å². The van der Waals surface area contributed by atoms with Gasteiger partial charge in [-0.3, -0.25) is 9.47 Å². The molecule has 1 fully saturated rings. The maximum atomic E-state index is 12.0. The van der Waals surface area contributed by atoms with Crippen molar-refractivity contribution in [2.45, 2.75) is 13.6 Å². The van der Waals surface area contributed by atoms with Crippen LogP contribution >= 0.6 is 11.6 Å². The molecule has 0 atom stereocenters. The van der Waals surface area contributed by atoms with Gasteiger partial charge in [-0.2, -0.15) is 0 Å². The zero-order chi connectivity index (χ0) is 16.4. The minimum atomic E-state index is -0.407. The van der Waals surface area contributed by atoms with E-state index in [0.29, 0.717) is 55.6 Å². The summed E-state index contributed by atoms with van der Waals surface area (Å²) in [6.45, 7) is 5.04. The first-order valence-electron chi connectivity index (χ1n) is 7.51. The number of ether oxygens (including phenoxy) is 1. The van der Waals surface area contributed by atoms with Crippen LogP contribution in [0, 0.1) is 0 Å². The molecule has 1 amide bonds. The summed E-state index contributed by atoms with van der Waals surface area (Å²) < 4.78 is 11.8. The van der Waals surface area contributed by atoms with Crippen LogP contribution in [0.15, 0.2) is 27.4 Å². The predicted molar refractivity (Wildman–Crippen MR) is 85.7 cm³/mol. The maximum Gasteiger partial charge on any atom is 0.421 e. The molecule has 1 aliphatic heterocycles. The second-order valence-electron chi connectivity index (χ2n) is 5.35. The van der Waals surface area contributed by atoms with E-state index in [4.69, 9.17) is 20.8 Å². The smallest absolute Gasteiger partial charge is 0.421 e. The summed E-state index contributed by atoms with van der Waals surface area (Å²) in [6, 6.07) is 5.10. The number of nitrogens with zero attached hydrogens (tertiary/aromatic N) is 3. The van der Waals surface area contributed by atoms with E-state index in [9.17, 15) is 9.59 Å². The molecule has 0 radical (unpaired) electrons. The Bertz CT molecular complexity index is 762. The second kappa shape index (κ2) is 6.64. The quantitative estimate of drug-likeness (QED) is 0.855. The number of halogens is 1. The average Bonchev–Trinajstić information content (AvgIpc) is 2.84. The van der Waals surface area contributed by atoms with Crippen LogP contribution in [0.5, 0.6) is 0 Å². The molecule has 0 saturated carbocycles. The van der Waals surface area contributed by atoms with Crippen molar-refractivity contribution in [1.29, 1.82) is 0 Å². The molecule has 1 saturated heterocycles. The zero-order valence-electron chi connectivity index (χ0n) is 12.8. The maximum absolute atomic E-state index is 12.0. The van der Waals surface area contributed by atoms with E-state index in [0.717, 1.165) is 0 Å². The summed E-state index contributed by atoms with van der Waals surface area (Å²) in [6.07, 6.45) is -0.287. The van der Waals surface area contributed by atoms with E-state index in [1.54, 1.807) is 34.6 Å². The number of piperazine rings is 1. The molecule has 7 nitrogen and oxygen atoms in total. The Labute approximate surface area is 138 Å². The Kier molecular flexibility index (Phi) is 4.58. The number of hydrogen-bond donors (Lipinski definition) is 0. The molecule has 23 heavy (non-hydrogen) atoms. The van der Waals surface area contributed by atoms with Gasteiger partial charge in [0.05, 0.1) is 18.8 Å². The molecular weight excluding hydrogens is 322 g/mol. The lowest BCUT2D eigenvalue weighted by molar-refractivity contribution is 0.0705. The number of amides is 1. The normalized spacial score (nSPS) is 16.0. The molecule has 0 aliphatic carbocycles. The van der Waals surface area contributed by atoms with Crippen LogP contribution in [0.4, 0.5) is 4.79 Å². The molecule has 0 N–H and O–H groups in total. The van der Waals surface area contributed by atoms with Gasteiger partial charge in [0.2, 0.25) is 0 Å². The highest BCUT2D eigenvalue weighted by Gasteiger charge is 2.23. The SMILES string of the molecule is CCOC(=O)N1CCN(Cn2c(=O)oc3ccc(Cl)cc32)CC1. The zero-order valence-corrected chi connectivity index (χ0v) is 13.6. The molecule has 3 rings (SSSR count). The first kappa shape index (κ1) is 15.9. The molecule has 124 valence electrons. The van der Waals surface area contributed by atoms with E-state index in [2.05, 4.69) is 4.90 Å². The van der Waals surface area contributed by atoms with Crippen LogP contribution in [0.2, 0.25) is 5.02 Å². The average molecular weight is 340 g/mol. The highest BCUT2D eigenvalue weighted by molar-refractivity contribution is 6.31. The van der Waals surface area contributed by atoms with Gasteiger partial charge in [-0.25, -0.2) is 9.59 Å². The lowest BCUT2D eigenvalue weighted by atomic mass is 10.3. The van der Waals surface area contributed by atoms with Crippen LogP contribution < -0.4 is 5.76 Å². The highest BCUT2D eigenvalue weighted by atomic mass is 35.5. The molecule has 1 aliphatic rings. The molecule has 0 spiro atoms. The van der Waals surface area contributed by atoms with Crippen molar-refractivity contribution in [2.24, 2.45) is 0 Å². The number of oxazole rings is 1. The van der Waals surface area contributed by atoms with Gasteiger partial charge in [0.25, 0.3) is 0 Å². The summed E-state index contributed by atoms with van der Waals surface area (Å²) in [4.78, 5) is 27.5. The minimum Gasteiger partial charge on any atom is -0.450 e. The molecular formula is C15H18ClN3O4. The molecule has 2 heterocycles. The third-order valence-electron chi connectivity index (χ3n) is 3.87. The van der Waals surface area contributed by atoms with E-state index in [1.807, 2.05) is 0 Å². The van der Waals surface area contributed by atoms with Crippen LogP contribution in [-0.2, 0) is 11.4 Å². The van der Waals surface area contributed by atoms with Gasteiger partial charge >= 0.3 is 11.8 Å². The van der Waals surface area contributed by atoms with Crippen LogP contribution in [0.1, 0.15) is 6.92 Å². The number of benzene rings is 1. The van der Waals surface area contributed by atoms with Crippen molar-refractivity contribution in [3.05, 3.63) is 33.8 Å². The Morgan fingerprint density at radius 2 is 2.04 bits per heavy atom. The van der Waals surface area contributed by atoms with Crippen molar-refractivity contribution < 1.29 is 13.9 Å². The van der Waals surface area contributed by atoms with Crippen LogP contribution in [0.25, 0.3) is 11.1 Å². The van der Waals surface area contributed by atoms with Gasteiger partial charge in [0.15, 0.2) is 5.58 Å². The Balaban J connectivity index is 1.70. The van der Waals surface area contributed by atoms with Gasteiger partial charge in [-0.1, -0.05) is 11.6 Å². The van der Waals surface area contributed by atoms with E-state index >= 15 is 0 Å². The van der Waals surface area contributed by atoms with Gasteiger partial charge in [0.1, 0.15) is 0 Å². The Morgan fingerprint density at radius 3 is 2.74 bits per heavy atom. The first-order chi connectivity index (χ1) is 11.1. The van der Waals surface area contributed by atoms with Crippen molar-refractivity contribution in [3.8, 4) is 0 Å². The molecule has 1 aromatic carbocycles. The van der Waals surface area contributed by atoms with Gasteiger partial charge in [-0.05, 0) is 25.1 Å². The number of hydrogen-bond acceptors (Lipinski definition) is 5. The minimum absolute atomic E-state index is 0.287. The molecule has 0 unspecified atom stereocenters. The third kappa shape index (κ3) is 3.35. The Hall–Kier alpha value is -1.99. The molecule has 1 aromatic heterocycles. The molecule has 8 heteroatoms. The summed E-state index contributed by atoms with van der Waals surface area (Å²) in [7, 11) is 0. The lowest BCUT2D eigenvalue weighted by Crippen LogP contribution is -2.49. The standard InChI is InChI=1S/C15H18ClN3O4/c1-2-22-14(20)18-7-5-17(6-8-18)10-19-12-9-11(16)3-4-13(12)23-15(19)21/h3-4,9H,2,5-8,10H2,1H3. The lowest BCUT2D eigenvalue weighted by Gasteiger charge is -2.33. The van der Waals surface area contributed by atoms with Gasteiger partial charge < -0.3 is 14.1 Å². The fourth-order valence-electron chi connectivity index (χ4n) is 2.66. The van der Waals surface area contributed by atoms with Crippen molar-refractivity contribution in [3.63, 3.8) is 0 Å². The molecule has 2 aromatic rings. The molecule has 0 bridgehead atoms. The van der Waals surface area contributed by atoms with Gasteiger partial charge in [0, 0.05) is 31.2 Å². The summed E-state index contributed by atoms with van der Waals surface area (Å²) in [5, 5.41) is 0.555. The van der Waals surface area contributed by atoms with Crippen molar-refractivity contribution in [1.82, 2.24) is 14.4 Å². The number of aromatic nitrogens is 1. The van der Waals surface area contributed by atoms with E-state index in [-0.39, 0.29) is 6.09 Å². The van der Waals surface area contributed by atoms with Crippen LogP contribution in [-0.4, -0.2) is 53.2 Å². The fraction of sp³-hybridized carbons (Fsp3) is 0.467. The largest absolute Gasteiger partial charge is 0.450 e. The van der Waals surface area contributed by atoms with E-state index in [1.165, 1.54) is 0 Å². The summed E-state index contributed by atoms with van der Waals surface area (Å²) >= 11 is 6.00. The summed E-state index contributed by atoms with van der Waals surface area (Å²) in [5.74, 6) is -0.407. The van der Waals surface area contributed by atoms with Crippen LogP contribution in [0.3, 0.4) is 0 Å². The second-order valence-corrected chi connectivity index (χ2v) is 5.79. The van der Waals surface area contributed by atoms with Gasteiger partial charge in [-0.15, -0.1) is 0 Å². The monoisotopic (exact) mass is 339 g/mol. The number of carbonyl (C=O) groups excluding carboxylic acids is 1. The topological polar surface area (TPSA) is 67.9 Å². The van der Waals surface area contributed by atoms with Crippen molar-refractivity contribution in [2.75, 3.05) is 32.8 Å². The number of fused-ring (bicyclic) bond motifs is 1. The Morgan fingerprint density at radius 1 is 1.30 bits per heavy atom. The number of carbonyl (C=O) groups is 1. The number of rotatable bonds is 3. The van der Waals surface area contributed by atoms with E-state index < -0.39 is 5.76 Å². The first-order valence-corrected chi connectivity index (χ1v) is 7.89.